The Morgan fingerprint density at radius 3 is 2.58 bits per heavy atom. The number of aryl methyl sites for hydroxylation is 1. The highest BCUT2D eigenvalue weighted by Crippen LogP contribution is 2.24. The molecule has 1 fully saturated rings. The van der Waals surface area contributed by atoms with Crippen LogP contribution in [0.3, 0.4) is 0 Å². The van der Waals surface area contributed by atoms with Crippen LogP contribution in [0.25, 0.3) is 16.9 Å². The fraction of sp³-hybridized carbons (Fsp3) is 0.227. The van der Waals surface area contributed by atoms with E-state index < -0.39 is 0 Å². The minimum Gasteiger partial charge on any atom is -0.351 e. The first-order valence-corrected chi connectivity index (χ1v) is 10.0. The van der Waals surface area contributed by atoms with E-state index in [0.29, 0.717) is 48.8 Å². The van der Waals surface area contributed by atoms with Gasteiger partial charge in [0.1, 0.15) is 12.1 Å². The van der Waals surface area contributed by atoms with Gasteiger partial charge in [0, 0.05) is 31.7 Å². The summed E-state index contributed by atoms with van der Waals surface area (Å²) in [7, 11) is 0. The van der Waals surface area contributed by atoms with Crippen molar-refractivity contribution in [2.75, 3.05) is 31.1 Å². The lowest BCUT2D eigenvalue weighted by molar-refractivity contribution is 0.0746. The Hall–Kier alpha value is -3.88. The van der Waals surface area contributed by atoms with Crippen molar-refractivity contribution in [3.8, 4) is 5.69 Å². The van der Waals surface area contributed by atoms with Gasteiger partial charge >= 0.3 is 0 Å². The van der Waals surface area contributed by atoms with Crippen LogP contribution in [0, 0.1) is 12.7 Å². The Morgan fingerprint density at radius 2 is 1.81 bits per heavy atom. The second-order valence-corrected chi connectivity index (χ2v) is 7.44. The molecule has 0 bridgehead atoms. The van der Waals surface area contributed by atoms with Crippen molar-refractivity contribution in [3.05, 3.63) is 71.8 Å². The molecule has 1 aliphatic heterocycles. The Morgan fingerprint density at radius 1 is 1.00 bits per heavy atom. The summed E-state index contributed by atoms with van der Waals surface area (Å²) in [6.07, 6.45) is 1.46. The number of nitrogens with zero attached hydrogens (tertiary/aromatic N) is 7. The van der Waals surface area contributed by atoms with Gasteiger partial charge in [-0.2, -0.15) is 4.68 Å². The normalized spacial score (nSPS) is 14.3. The zero-order chi connectivity index (χ0) is 21.4. The van der Waals surface area contributed by atoms with Gasteiger partial charge in [-0.25, -0.2) is 14.4 Å². The summed E-state index contributed by atoms with van der Waals surface area (Å²) in [6.45, 7) is 4.35. The number of anilines is 1. The maximum atomic E-state index is 13.6. The summed E-state index contributed by atoms with van der Waals surface area (Å²) in [5, 5.41) is 8.42. The number of carbonyl (C=O) groups excluding carboxylic acids is 1. The predicted molar refractivity (Wildman–Crippen MR) is 114 cm³/mol. The summed E-state index contributed by atoms with van der Waals surface area (Å²) in [5.41, 5.74) is 3.31. The first-order valence-electron chi connectivity index (χ1n) is 10.0. The zero-order valence-corrected chi connectivity index (χ0v) is 16.9. The van der Waals surface area contributed by atoms with E-state index in [2.05, 4.69) is 25.2 Å². The molecule has 156 valence electrons. The second-order valence-electron chi connectivity index (χ2n) is 7.44. The lowest BCUT2D eigenvalue weighted by Gasteiger charge is -2.35. The fourth-order valence-electron chi connectivity index (χ4n) is 3.85. The van der Waals surface area contributed by atoms with Crippen LogP contribution < -0.4 is 4.90 Å². The lowest BCUT2D eigenvalue weighted by Crippen LogP contribution is -2.49. The highest BCUT2D eigenvalue weighted by Gasteiger charge is 2.26. The molecule has 0 atom stereocenters. The molecule has 0 spiro atoms. The van der Waals surface area contributed by atoms with E-state index in [-0.39, 0.29) is 11.7 Å². The molecule has 1 amide bonds. The van der Waals surface area contributed by atoms with Crippen molar-refractivity contribution >= 4 is 22.9 Å². The van der Waals surface area contributed by atoms with Gasteiger partial charge in [0.25, 0.3) is 5.91 Å². The first kappa shape index (κ1) is 19.1. The number of hydrogen-bond acceptors (Lipinski definition) is 6. The third-order valence-electron chi connectivity index (χ3n) is 5.51. The van der Waals surface area contributed by atoms with Crippen molar-refractivity contribution in [2.45, 2.75) is 6.92 Å². The van der Waals surface area contributed by atoms with Crippen LogP contribution in [0.5, 0.6) is 0 Å². The number of fused-ring (bicyclic) bond motifs is 1. The Kier molecular flexibility index (Phi) is 4.78. The molecule has 8 nitrogen and oxygen atoms in total. The largest absolute Gasteiger partial charge is 0.351 e. The molecule has 0 aliphatic carbocycles. The maximum absolute atomic E-state index is 13.6. The van der Waals surface area contributed by atoms with E-state index in [1.54, 1.807) is 12.1 Å². The summed E-state index contributed by atoms with van der Waals surface area (Å²) < 4.78 is 15.1. The van der Waals surface area contributed by atoms with Gasteiger partial charge in [-0.3, -0.25) is 4.79 Å². The number of amides is 1. The predicted octanol–water partition coefficient (Wildman–Crippen LogP) is 2.62. The van der Waals surface area contributed by atoms with Crippen LogP contribution in [0.1, 0.15) is 15.9 Å². The first-order chi connectivity index (χ1) is 15.1. The molecule has 0 saturated carbocycles. The van der Waals surface area contributed by atoms with Gasteiger partial charge < -0.3 is 9.80 Å². The summed E-state index contributed by atoms with van der Waals surface area (Å²) in [6, 6.07) is 13.7. The van der Waals surface area contributed by atoms with Crippen LogP contribution in [0.15, 0.2) is 54.9 Å². The van der Waals surface area contributed by atoms with Gasteiger partial charge in [-0.05, 0) is 36.8 Å². The molecular weight excluding hydrogens is 397 g/mol. The SMILES string of the molecule is Cc1ccccc1C(=O)N1CCN(c2ncnc3c2nnn3-c2cccc(F)c2)CC1. The van der Waals surface area contributed by atoms with E-state index in [1.165, 1.54) is 23.1 Å². The van der Waals surface area contributed by atoms with Crippen LogP contribution in [0.2, 0.25) is 0 Å². The fourth-order valence-corrected chi connectivity index (χ4v) is 3.85. The number of aromatic nitrogens is 5. The minimum atomic E-state index is -0.357. The van der Waals surface area contributed by atoms with Crippen molar-refractivity contribution < 1.29 is 9.18 Å². The smallest absolute Gasteiger partial charge is 0.254 e. The van der Waals surface area contributed by atoms with Gasteiger partial charge in [0.2, 0.25) is 0 Å². The van der Waals surface area contributed by atoms with E-state index in [1.807, 2.05) is 36.1 Å². The highest BCUT2D eigenvalue weighted by molar-refractivity contribution is 5.95. The van der Waals surface area contributed by atoms with E-state index in [9.17, 15) is 9.18 Å². The van der Waals surface area contributed by atoms with Crippen LogP contribution in [-0.4, -0.2) is 61.9 Å². The molecule has 4 aromatic rings. The van der Waals surface area contributed by atoms with E-state index in [0.717, 1.165) is 11.1 Å². The second kappa shape index (κ2) is 7.75. The number of piperazine rings is 1. The quantitative estimate of drug-likeness (QED) is 0.510. The standard InChI is InChI=1S/C22H20FN7O/c1-15-5-2-3-8-18(15)22(31)29-11-9-28(10-12-29)20-19-21(25-14-24-20)30(27-26-19)17-7-4-6-16(23)13-17/h2-8,13-14H,9-12H2,1H3. The Balaban J connectivity index is 1.38. The van der Waals surface area contributed by atoms with Gasteiger partial charge in [0.05, 0.1) is 5.69 Å². The molecule has 1 aliphatic rings. The topological polar surface area (TPSA) is 80.0 Å². The monoisotopic (exact) mass is 417 g/mol. The van der Waals surface area contributed by atoms with Crippen LogP contribution in [-0.2, 0) is 0 Å². The van der Waals surface area contributed by atoms with Gasteiger partial charge in [-0.1, -0.05) is 29.5 Å². The van der Waals surface area contributed by atoms with Gasteiger partial charge in [-0.15, -0.1) is 5.10 Å². The summed E-state index contributed by atoms with van der Waals surface area (Å²) in [5.74, 6) is 0.350. The third-order valence-corrected chi connectivity index (χ3v) is 5.51. The lowest BCUT2D eigenvalue weighted by atomic mass is 10.1. The van der Waals surface area contributed by atoms with Crippen LogP contribution in [0.4, 0.5) is 10.2 Å². The van der Waals surface area contributed by atoms with Crippen LogP contribution >= 0.6 is 0 Å². The van der Waals surface area contributed by atoms with E-state index >= 15 is 0 Å². The molecule has 31 heavy (non-hydrogen) atoms. The number of carbonyl (C=O) groups is 1. The number of hydrogen-bond donors (Lipinski definition) is 0. The van der Waals surface area contributed by atoms with Crippen molar-refractivity contribution in [3.63, 3.8) is 0 Å². The zero-order valence-electron chi connectivity index (χ0n) is 16.9. The average Bonchev–Trinajstić information content (AvgIpc) is 3.23. The summed E-state index contributed by atoms with van der Waals surface area (Å²) >= 11 is 0. The third kappa shape index (κ3) is 3.48. The van der Waals surface area contributed by atoms with Crippen molar-refractivity contribution in [2.24, 2.45) is 0 Å². The minimum absolute atomic E-state index is 0.0441. The highest BCUT2D eigenvalue weighted by atomic mass is 19.1. The molecule has 2 aromatic carbocycles. The molecule has 0 unspecified atom stereocenters. The maximum Gasteiger partial charge on any atom is 0.254 e. The Labute approximate surface area is 177 Å². The number of halogens is 1. The molecular formula is C22H20FN7O. The Bertz CT molecular complexity index is 1260. The molecule has 9 heteroatoms. The summed E-state index contributed by atoms with van der Waals surface area (Å²) in [4.78, 5) is 25.6. The number of rotatable bonds is 3. The molecule has 3 heterocycles. The molecule has 0 radical (unpaired) electrons. The van der Waals surface area contributed by atoms with E-state index in [4.69, 9.17) is 0 Å². The van der Waals surface area contributed by atoms with Crippen molar-refractivity contribution in [1.82, 2.24) is 29.9 Å². The van der Waals surface area contributed by atoms with Crippen molar-refractivity contribution in [1.29, 1.82) is 0 Å². The number of benzene rings is 2. The molecule has 2 aromatic heterocycles. The molecule has 5 rings (SSSR count). The molecule has 1 saturated heterocycles. The molecule has 0 N–H and O–H groups in total. The average molecular weight is 417 g/mol. The van der Waals surface area contributed by atoms with Gasteiger partial charge in [0.15, 0.2) is 17.0 Å².